The molecule has 15 heavy (non-hydrogen) atoms. The van der Waals surface area contributed by atoms with Gasteiger partial charge < -0.3 is 15.1 Å². The Kier molecular flexibility index (Phi) is 8.02. The van der Waals surface area contributed by atoms with E-state index < -0.39 is 0 Å². The smallest absolute Gasteiger partial charge is 0.00729 e. The summed E-state index contributed by atoms with van der Waals surface area (Å²) in [6.45, 7) is 6.78. The third-order valence-electron chi connectivity index (χ3n) is 3.24. The summed E-state index contributed by atoms with van der Waals surface area (Å²) < 4.78 is 0. The summed E-state index contributed by atoms with van der Waals surface area (Å²) in [5, 5.41) is 3.50. The molecule has 0 aliphatic carbocycles. The maximum atomic E-state index is 3.50. The van der Waals surface area contributed by atoms with Crippen LogP contribution in [0.15, 0.2) is 0 Å². The summed E-state index contributed by atoms with van der Waals surface area (Å²) >= 11 is 0. The van der Waals surface area contributed by atoms with Gasteiger partial charge in [0.1, 0.15) is 0 Å². The summed E-state index contributed by atoms with van der Waals surface area (Å²) in [6.07, 6.45) is 2.45. The minimum Gasteiger partial charge on any atom is -0.317 e. The van der Waals surface area contributed by atoms with E-state index in [0.717, 1.165) is 13.1 Å². The average molecular weight is 215 g/mol. The van der Waals surface area contributed by atoms with E-state index in [1.54, 1.807) is 0 Å². The van der Waals surface area contributed by atoms with Crippen molar-refractivity contribution in [1.29, 1.82) is 0 Å². The molecule has 1 N–H and O–H groups in total. The van der Waals surface area contributed by atoms with Crippen LogP contribution in [-0.2, 0) is 0 Å². The first-order chi connectivity index (χ1) is 6.95. The number of rotatable bonds is 8. The Morgan fingerprint density at radius 2 is 1.13 bits per heavy atom. The van der Waals surface area contributed by atoms with Crippen LogP contribution >= 0.6 is 0 Å². The molecule has 0 spiro atoms. The lowest BCUT2D eigenvalue weighted by Gasteiger charge is -2.21. The predicted molar refractivity (Wildman–Crippen MR) is 68.4 cm³/mol. The highest BCUT2D eigenvalue weighted by atomic mass is 15.1. The lowest BCUT2D eigenvalue weighted by molar-refractivity contribution is 0.283. The highest BCUT2D eigenvalue weighted by Gasteiger charge is 2.05. The van der Waals surface area contributed by atoms with Gasteiger partial charge in [-0.05, 0) is 68.0 Å². The topological polar surface area (TPSA) is 18.5 Å². The normalized spacial score (nSPS) is 16.0. The molecule has 3 heteroatoms. The maximum Gasteiger partial charge on any atom is 0.00729 e. The zero-order valence-electron chi connectivity index (χ0n) is 11.4. The molecule has 0 radical (unpaired) electrons. The Morgan fingerprint density at radius 1 is 0.800 bits per heavy atom. The van der Waals surface area contributed by atoms with Crippen LogP contribution in [0.5, 0.6) is 0 Å². The molecule has 0 aromatic heterocycles. The van der Waals surface area contributed by atoms with Crippen LogP contribution in [0.2, 0.25) is 0 Å². The van der Waals surface area contributed by atoms with Gasteiger partial charge in [-0.3, -0.25) is 0 Å². The van der Waals surface area contributed by atoms with Gasteiger partial charge in [-0.15, -0.1) is 0 Å². The third kappa shape index (κ3) is 7.77. The summed E-state index contributed by atoms with van der Waals surface area (Å²) in [4.78, 5) is 4.54. The molecule has 92 valence electrons. The first-order valence-corrected chi connectivity index (χ1v) is 5.98. The summed E-state index contributed by atoms with van der Waals surface area (Å²) in [5.41, 5.74) is 0. The van der Waals surface area contributed by atoms with Crippen molar-refractivity contribution in [3.63, 3.8) is 0 Å². The Bertz CT molecular complexity index is 130. The zero-order chi connectivity index (χ0) is 11.8. The SMILES string of the molecule is CC(CCNCCC(C)N(C)C)N(C)C. The first kappa shape index (κ1) is 14.9. The molecule has 0 aromatic carbocycles. The summed E-state index contributed by atoms with van der Waals surface area (Å²) in [6, 6.07) is 1.34. The van der Waals surface area contributed by atoms with Crippen molar-refractivity contribution < 1.29 is 0 Å². The average Bonchev–Trinajstić information content (AvgIpc) is 2.16. The second-order valence-electron chi connectivity index (χ2n) is 4.95. The Hall–Kier alpha value is -0.120. The molecule has 0 amide bonds. The number of nitrogens with one attached hydrogen (secondary N) is 1. The molecule has 2 unspecified atom stereocenters. The monoisotopic (exact) mass is 215 g/mol. The van der Waals surface area contributed by atoms with Crippen molar-refractivity contribution in [2.75, 3.05) is 41.3 Å². The molecule has 0 saturated heterocycles. The van der Waals surface area contributed by atoms with Gasteiger partial charge in [0.15, 0.2) is 0 Å². The lowest BCUT2D eigenvalue weighted by Crippen LogP contribution is -2.32. The van der Waals surface area contributed by atoms with E-state index >= 15 is 0 Å². The van der Waals surface area contributed by atoms with Gasteiger partial charge in [0.2, 0.25) is 0 Å². The van der Waals surface area contributed by atoms with Crippen LogP contribution in [0.4, 0.5) is 0 Å². The van der Waals surface area contributed by atoms with Gasteiger partial charge in [0, 0.05) is 12.1 Å². The minimum atomic E-state index is 0.670. The third-order valence-corrected chi connectivity index (χ3v) is 3.24. The van der Waals surface area contributed by atoms with Crippen molar-refractivity contribution in [1.82, 2.24) is 15.1 Å². The van der Waals surface area contributed by atoms with Crippen molar-refractivity contribution >= 4 is 0 Å². The molecule has 0 aliphatic heterocycles. The standard InChI is InChI=1S/C12H29N3/c1-11(14(3)4)7-9-13-10-8-12(2)15(5)6/h11-13H,7-10H2,1-6H3. The van der Waals surface area contributed by atoms with Crippen molar-refractivity contribution in [2.24, 2.45) is 0 Å². The van der Waals surface area contributed by atoms with Crippen LogP contribution in [0.25, 0.3) is 0 Å². The van der Waals surface area contributed by atoms with E-state index in [-0.39, 0.29) is 0 Å². The Morgan fingerprint density at radius 3 is 1.40 bits per heavy atom. The molecule has 0 heterocycles. The van der Waals surface area contributed by atoms with Crippen LogP contribution in [-0.4, -0.2) is 63.2 Å². The summed E-state index contributed by atoms with van der Waals surface area (Å²) in [7, 11) is 8.55. The second kappa shape index (κ2) is 8.08. The fraction of sp³-hybridized carbons (Fsp3) is 1.00. The van der Waals surface area contributed by atoms with Gasteiger partial charge in [-0.1, -0.05) is 0 Å². The fourth-order valence-electron chi connectivity index (χ4n) is 1.26. The number of hydrogen-bond donors (Lipinski definition) is 1. The lowest BCUT2D eigenvalue weighted by atomic mass is 10.2. The molecular weight excluding hydrogens is 186 g/mol. The highest BCUT2D eigenvalue weighted by Crippen LogP contribution is 1.98. The van der Waals surface area contributed by atoms with Crippen molar-refractivity contribution in [3.8, 4) is 0 Å². The molecule has 0 aliphatic rings. The molecule has 0 saturated carbocycles. The molecule has 3 nitrogen and oxygen atoms in total. The van der Waals surface area contributed by atoms with E-state index in [1.165, 1.54) is 12.8 Å². The van der Waals surface area contributed by atoms with E-state index in [0.29, 0.717) is 12.1 Å². The molecule has 0 rings (SSSR count). The van der Waals surface area contributed by atoms with Gasteiger partial charge >= 0.3 is 0 Å². The van der Waals surface area contributed by atoms with Crippen LogP contribution in [0.3, 0.4) is 0 Å². The van der Waals surface area contributed by atoms with Gasteiger partial charge in [0.25, 0.3) is 0 Å². The first-order valence-electron chi connectivity index (χ1n) is 5.98. The number of hydrogen-bond acceptors (Lipinski definition) is 3. The van der Waals surface area contributed by atoms with Crippen molar-refractivity contribution in [3.05, 3.63) is 0 Å². The molecule has 0 aromatic rings. The highest BCUT2D eigenvalue weighted by molar-refractivity contribution is 4.64. The van der Waals surface area contributed by atoms with E-state index in [1.807, 2.05) is 0 Å². The quantitative estimate of drug-likeness (QED) is 0.615. The van der Waals surface area contributed by atoms with E-state index in [9.17, 15) is 0 Å². The van der Waals surface area contributed by atoms with E-state index in [4.69, 9.17) is 0 Å². The van der Waals surface area contributed by atoms with Crippen LogP contribution < -0.4 is 5.32 Å². The summed E-state index contributed by atoms with van der Waals surface area (Å²) in [5.74, 6) is 0. The van der Waals surface area contributed by atoms with Gasteiger partial charge in [0.05, 0.1) is 0 Å². The zero-order valence-corrected chi connectivity index (χ0v) is 11.4. The number of nitrogens with zero attached hydrogens (tertiary/aromatic N) is 2. The molecule has 0 bridgehead atoms. The Labute approximate surface area is 95.8 Å². The molecular formula is C12H29N3. The minimum absolute atomic E-state index is 0.670. The Balaban J connectivity index is 3.32. The van der Waals surface area contributed by atoms with Crippen LogP contribution in [0, 0.1) is 0 Å². The molecule has 0 fully saturated rings. The van der Waals surface area contributed by atoms with Gasteiger partial charge in [-0.25, -0.2) is 0 Å². The van der Waals surface area contributed by atoms with Crippen molar-refractivity contribution in [2.45, 2.75) is 38.8 Å². The van der Waals surface area contributed by atoms with Gasteiger partial charge in [-0.2, -0.15) is 0 Å². The van der Waals surface area contributed by atoms with E-state index in [2.05, 4.69) is 57.2 Å². The fourth-order valence-corrected chi connectivity index (χ4v) is 1.26. The second-order valence-corrected chi connectivity index (χ2v) is 4.95. The maximum absolute atomic E-state index is 3.50. The predicted octanol–water partition coefficient (Wildman–Crippen LogP) is 1.26. The molecule has 2 atom stereocenters. The largest absolute Gasteiger partial charge is 0.317 e. The van der Waals surface area contributed by atoms with Crippen LogP contribution in [0.1, 0.15) is 26.7 Å².